The molecule has 0 unspecified atom stereocenters. The van der Waals surface area contributed by atoms with Crippen LogP contribution in [-0.2, 0) is 0 Å². The molecule has 1 N–H and O–H groups in total. The van der Waals surface area contributed by atoms with Gasteiger partial charge in [0.15, 0.2) is 11.6 Å². The van der Waals surface area contributed by atoms with Gasteiger partial charge in [-0.2, -0.15) is 0 Å². The zero-order valence-corrected chi connectivity index (χ0v) is 14.4. The van der Waals surface area contributed by atoms with E-state index in [1.165, 1.54) is 17.2 Å². The molecular weight excluding hydrogens is 382 g/mol. The van der Waals surface area contributed by atoms with Crippen LogP contribution in [0, 0.1) is 11.2 Å². The van der Waals surface area contributed by atoms with Crippen molar-refractivity contribution < 1.29 is 32.2 Å². The Morgan fingerprint density at radius 1 is 1.14 bits per heavy atom. The predicted molar refractivity (Wildman–Crippen MR) is 90.6 cm³/mol. The van der Waals surface area contributed by atoms with Gasteiger partial charge in [-0.05, 0) is 30.3 Å². The van der Waals surface area contributed by atoms with Gasteiger partial charge in [0.25, 0.3) is 0 Å². The standard InChI is InChI=1S/C18H15F4N3O3/c19-13-5-11(1-2-15(13)28-18(20,21)22)14-6-12(3-4-23-14)24-7-17(8-24)9-25(10-17)16(26)27/h1-6H,7-10H2,(H,26,27). The van der Waals surface area contributed by atoms with E-state index in [-0.39, 0.29) is 5.41 Å². The maximum atomic E-state index is 13.9. The molecule has 148 valence electrons. The van der Waals surface area contributed by atoms with Gasteiger partial charge >= 0.3 is 12.5 Å². The van der Waals surface area contributed by atoms with E-state index >= 15 is 0 Å². The van der Waals surface area contributed by atoms with E-state index in [1.807, 2.05) is 0 Å². The van der Waals surface area contributed by atoms with Crippen LogP contribution in [0.1, 0.15) is 0 Å². The van der Waals surface area contributed by atoms with Gasteiger partial charge in [-0.3, -0.25) is 4.98 Å². The van der Waals surface area contributed by atoms with Gasteiger partial charge < -0.3 is 19.6 Å². The summed E-state index contributed by atoms with van der Waals surface area (Å²) in [6.07, 6.45) is -4.35. The first-order valence-corrected chi connectivity index (χ1v) is 8.39. The molecule has 0 saturated carbocycles. The number of anilines is 1. The normalized spacial score (nSPS) is 17.9. The summed E-state index contributed by atoms with van der Waals surface area (Å²) in [5.41, 5.74) is 1.55. The van der Waals surface area contributed by atoms with Gasteiger partial charge in [0.2, 0.25) is 0 Å². The minimum Gasteiger partial charge on any atom is -0.465 e. The minimum atomic E-state index is -4.97. The van der Waals surface area contributed by atoms with Crippen LogP contribution in [-0.4, -0.2) is 53.6 Å². The lowest BCUT2D eigenvalue weighted by Crippen LogP contribution is -2.73. The van der Waals surface area contributed by atoms with Gasteiger partial charge in [0.05, 0.1) is 5.69 Å². The van der Waals surface area contributed by atoms with Crippen LogP contribution in [0.4, 0.5) is 28.0 Å². The number of ether oxygens (including phenoxy) is 1. The first-order chi connectivity index (χ1) is 13.1. The van der Waals surface area contributed by atoms with Gasteiger partial charge in [-0.15, -0.1) is 13.2 Å². The molecule has 1 aromatic heterocycles. The Bertz CT molecular complexity index is 921. The molecule has 0 radical (unpaired) electrons. The minimum absolute atomic E-state index is 0.0233. The smallest absolute Gasteiger partial charge is 0.465 e. The molecule has 0 aliphatic carbocycles. The van der Waals surface area contributed by atoms with Crippen molar-refractivity contribution in [3.05, 3.63) is 42.3 Å². The molecule has 2 aliphatic rings. The molecular formula is C18H15F4N3O3. The average Bonchev–Trinajstić information content (AvgIpc) is 2.53. The lowest BCUT2D eigenvalue weighted by Gasteiger charge is -2.60. The maximum absolute atomic E-state index is 13.9. The number of likely N-dealkylation sites (tertiary alicyclic amines) is 1. The third kappa shape index (κ3) is 3.41. The number of hydrogen-bond acceptors (Lipinski definition) is 4. The quantitative estimate of drug-likeness (QED) is 0.802. The Labute approximate surface area is 157 Å². The van der Waals surface area contributed by atoms with Crippen LogP contribution in [0.25, 0.3) is 11.3 Å². The summed E-state index contributed by atoms with van der Waals surface area (Å²) in [7, 11) is 0. The van der Waals surface area contributed by atoms with Crippen LogP contribution in [0.5, 0.6) is 5.75 Å². The number of carbonyl (C=O) groups is 1. The van der Waals surface area contributed by atoms with E-state index in [4.69, 9.17) is 5.11 Å². The number of aromatic nitrogens is 1. The zero-order valence-electron chi connectivity index (χ0n) is 14.4. The summed E-state index contributed by atoms with van der Waals surface area (Å²) in [6, 6.07) is 6.67. The van der Waals surface area contributed by atoms with E-state index in [9.17, 15) is 22.4 Å². The molecule has 3 heterocycles. The van der Waals surface area contributed by atoms with Gasteiger partial charge in [0.1, 0.15) is 0 Å². The number of benzene rings is 1. The number of alkyl halides is 3. The van der Waals surface area contributed by atoms with Crippen LogP contribution >= 0.6 is 0 Å². The SMILES string of the molecule is O=C(O)N1CC2(C1)CN(c1ccnc(-c3ccc(OC(F)(F)F)c(F)c3)c1)C2. The molecule has 1 amide bonds. The van der Waals surface area contributed by atoms with Gasteiger partial charge in [-0.25, -0.2) is 9.18 Å². The number of carboxylic acid groups (broad SMARTS) is 1. The second-order valence-corrected chi connectivity index (χ2v) is 7.09. The number of rotatable bonds is 3. The third-order valence-electron chi connectivity index (χ3n) is 4.94. The average molecular weight is 397 g/mol. The molecule has 2 saturated heterocycles. The van der Waals surface area contributed by atoms with Crippen molar-refractivity contribution in [3.63, 3.8) is 0 Å². The highest BCUT2D eigenvalue weighted by Gasteiger charge is 2.53. The van der Waals surface area contributed by atoms with Crippen LogP contribution in [0.15, 0.2) is 36.5 Å². The number of halogens is 4. The highest BCUT2D eigenvalue weighted by atomic mass is 19.4. The van der Waals surface area contributed by atoms with Crippen molar-refractivity contribution in [2.24, 2.45) is 5.41 Å². The van der Waals surface area contributed by atoms with Crippen molar-refractivity contribution in [3.8, 4) is 17.0 Å². The lowest BCUT2D eigenvalue weighted by atomic mass is 9.73. The Hall–Kier alpha value is -3.04. The highest BCUT2D eigenvalue weighted by molar-refractivity contribution is 5.68. The number of amides is 1. The van der Waals surface area contributed by atoms with Crippen molar-refractivity contribution in [1.29, 1.82) is 0 Å². The molecule has 6 nitrogen and oxygen atoms in total. The van der Waals surface area contributed by atoms with Gasteiger partial charge in [0, 0.05) is 49.0 Å². The number of nitrogens with zero attached hydrogens (tertiary/aromatic N) is 3. The summed E-state index contributed by atoms with van der Waals surface area (Å²) in [4.78, 5) is 18.5. The molecule has 28 heavy (non-hydrogen) atoms. The van der Waals surface area contributed by atoms with Gasteiger partial charge in [-0.1, -0.05) is 0 Å². The van der Waals surface area contributed by atoms with Crippen molar-refractivity contribution in [2.45, 2.75) is 6.36 Å². The van der Waals surface area contributed by atoms with Crippen molar-refractivity contribution in [1.82, 2.24) is 9.88 Å². The lowest BCUT2D eigenvalue weighted by molar-refractivity contribution is -0.275. The Morgan fingerprint density at radius 3 is 2.46 bits per heavy atom. The Balaban J connectivity index is 1.46. The summed E-state index contributed by atoms with van der Waals surface area (Å²) in [5, 5.41) is 8.94. The number of hydrogen-bond donors (Lipinski definition) is 1. The second-order valence-electron chi connectivity index (χ2n) is 7.09. The fourth-order valence-corrected chi connectivity index (χ4v) is 3.69. The van der Waals surface area contributed by atoms with E-state index in [1.54, 1.807) is 12.1 Å². The second kappa shape index (κ2) is 6.25. The third-order valence-corrected chi connectivity index (χ3v) is 4.94. The Morgan fingerprint density at radius 2 is 1.86 bits per heavy atom. The summed E-state index contributed by atoms with van der Waals surface area (Å²) in [5.74, 6) is -2.03. The van der Waals surface area contributed by atoms with Crippen molar-refractivity contribution in [2.75, 3.05) is 31.1 Å². The molecule has 2 aliphatic heterocycles. The molecule has 2 aromatic rings. The Kier molecular flexibility index (Phi) is 4.09. The molecule has 1 spiro atoms. The molecule has 2 fully saturated rings. The maximum Gasteiger partial charge on any atom is 0.573 e. The molecule has 0 atom stereocenters. The van der Waals surface area contributed by atoms with Crippen molar-refractivity contribution >= 4 is 11.8 Å². The highest BCUT2D eigenvalue weighted by Crippen LogP contribution is 2.42. The molecule has 4 rings (SSSR count). The topological polar surface area (TPSA) is 65.9 Å². The van der Waals surface area contributed by atoms with Crippen LogP contribution < -0.4 is 9.64 Å². The van der Waals surface area contributed by atoms with E-state index < -0.39 is 24.0 Å². The number of pyridine rings is 1. The van der Waals surface area contributed by atoms with Crippen LogP contribution in [0.2, 0.25) is 0 Å². The zero-order chi connectivity index (χ0) is 20.1. The van der Waals surface area contributed by atoms with E-state index in [0.29, 0.717) is 37.4 Å². The first kappa shape index (κ1) is 18.3. The molecule has 10 heteroatoms. The monoisotopic (exact) mass is 397 g/mol. The summed E-state index contributed by atoms with van der Waals surface area (Å²) < 4.78 is 54.3. The fraction of sp³-hybridized carbons (Fsp3) is 0.333. The molecule has 0 bridgehead atoms. The first-order valence-electron chi connectivity index (χ1n) is 8.39. The summed E-state index contributed by atoms with van der Waals surface area (Å²) >= 11 is 0. The van der Waals surface area contributed by atoms with E-state index in [2.05, 4.69) is 14.6 Å². The fourth-order valence-electron chi connectivity index (χ4n) is 3.69. The van der Waals surface area contributed by atoms with E-state index in [0.717, 1.165) is 17.8 Å². The van der Waals surface area contributed by atoms with Crippen LogP contribution in [0.3, 0.4) is 0 Å². The summed E-state index contributed by atoms with van der Waals surface area (Å²) in [6.45, 7) is 2.41. The predicted octanol–water partition coefficient (Wildman–Crippen LogP) is 3.59. The molecule has 1 aromatic carbocycles. The largest absolute Gasteiger partial charge is 0.573 e.